The van der Waals surface area contributed by atoms with Gasteiger partial charge < -0.3 is 33.2 Å². The fourth-order valence-electron chi connectivity index (χ4n) is 3.54. The van der Waals surface area contributed by atoms with Crippen molar-refractivity contribution in [1.29, 1.82) is 5.41 Å². The summed E-state index contributed by atoms with van der Waals surface area (Å²) >= 11 is 17.2. The van der Waals surface area contributed by atoms with Crippen LogP contribution in [0.2, 0.25) is 0 Å². The zero-order chi connectivity index (χ0) is 25.8. The van der Waals surface area contributed by atoms with Gasteiger partial charge in [-0.1, -0.05) is 65.1 Å². The van der Waals surface area contributed by atoms with Crippen molar-refractivity contribution in [1.82, 2.24) is 0 Å². The summed E-state index contributed by atoms with van der Waals surface area (Å²) in [4.78, 5) is 35.8. The number of hydrogen-bond donors (Lipinski definition) is 1. The predicted octanol–water partition coefficient (Wildman–Crippen LogP) is 3.40. The zero-order valence-electron chi connectivity index (χ0n) is 18.8. The van der Waals surface area contributed by atoms with Crippen LogP contribution in [0.1, 0.15) is 38.5 Å². The van der Waals surface area contributed by atoms with E-state index in [4.69, 9.17) is 68.6 Å². The van der Waals surface area contributed by atoms with Gasteiger partial charge in [0.15, 0.2) is 12.4 Å². The Morgan fingerprint density at radius 2 is 1.69 bits per heavy atom. The van der Waals surface area contributed by atoms with Gasteiger partial charge in [-0.2, -0.15) is 0 Å². The molecule has 2 aliphatic rings. The number of Topliss-reactive ketones (excluding diaryl/α,β-unsaturated/α-hetero) is 1. The maximum Gasteiger partial charge on any atom is 0.306 e. The summed E-state index contributed by atoms with van der Waals surface area (Å²) in [5.41, 5.74) is 0.707. The minimum atomic E-state index is -2.24. The Bertz CT molecular complexity index is 940. The SMILES string of the molecule is CC(=O)CCC(=O)O[C@H]1[C@@H](OC(=N)C(Cl)(Cl)Cl)O[C@@H]2CO[C@@H](c3ccccc3)O[C@H]2[C@@H]1OC(C)=O. The van der Waals surface area contributed by atoms with E-state index in [1.165, 1.54) is 13.8 Å². The topological polar surface area (TPSA) is 130 Å². The lowest BCUT2D eigenvalue weighted by molar-refractivity contribution is -0.353. The van der Waals surface area contributed by atoms with Gasteiger partial charge in [0.25, 0.3) is 3.79 Å². The van der Waals surface area contributed by atoms with Crippen molar-refractivity contribution in [2.24, 2.45) is 0 Å². The number of ether oxygens (including phenoxy) is 6. The van der Waals surface area contributed by atoms with Gasteiger partial charge in [0.2, 0.25) is 18.3 Å². The van der Waals surface area contributed by atoms with E-state index in [0.29, 0.717) is 5.56 Å². The van der Waals surface area contributed by atoms with Gasteiger partial charge in [0, 0.05) is 18.9 Å². The molecule has 0 radical (unpaired) electrons. The second kappa shape index (κ2) is 11.9. The molecule has 0 unspecified atom stereocenters. The highest BCUT2D eigenvalue weighted by Crippen LogP contribution is 2.38. The van der Waals surface area contributed by atoms with Crippen LogP contribution in [0.5, 0.6) is 0 Å². The summed E-state index contributed by atoms with van der Waals surface area (Å²) in [5, 5.41) is 7.92. The Balaban J connectivity index is 1.90. The summed E-state index contributed by atoms with van der Waals surface area (Å²) < 4.78 is 31.8. The maximum absolute atomic E-state index is 12.5. The molecule has 1 aromatic carbocycles. The van der Waals surface area contributed by atoms with E-state index in [0.717, 1.165) is 0 Å². The molecule has 0 saturated carbocycles. The van der Waals surface area contributed by atoms with Crippen molar-refractivity contribution in [2.75, 3.05) is 6.61 Å². The number of hydrogen-bond acceptors (Lipinski definition) is 10. The molecule has 0 amide bonds. The third kappa shape index (κ3) is 7.52. The Morgan fingerprint density at radius 1 is 1.00 bits per heavy atom. The molecular weight excluding hydrogens is 529 g/mol. The van der Waals surface area contributed by atoms with E-state index in [1.54, 1.807) is 24.3 Å². The highest BCUT2D eigenvalue weighted by atomic mass is 35.6. The van der Waals surface area contributed by atoms with Crippen molar-refractivity contribution < 1.29 is 42.8 Å². The first-order valence-corrected chi connectivity index (χ1v) is 11.7. The van der Waals surface area contributed by atoms with Crippen molar-refractivity contribution in [3.05, 3.63) is 35.9 Å². The molecule has 1 aromatic rings. The van der Waals surface area contributed by atoms with E-state index >= 15 is 0 Å². The summed E-state index contributed by atoms with van der Waals surface area (Å²) in [7, 11) is 0. The van der Waals surface area contributed by atoms with Gasteiger partial charge in [-0.15, -0.1) is 0 Å². The highest BCUT2D eigenvalue weighted by Gasteiger charge is 2.55. The van der Waals surface area contributed by atoms with Crippen molar-refractivity contribution >= 4 is 58.4 Å². The van der Waals surface area contributed by atoms with Gasteiger partial charge in [-0.05, 0) is 6.92 Å². The van der Waals surface area contributed by atoms with Crippen LogP contribution >= 0.6 is 34.8 Å². The average molecular weight is 553 g/mol. The lowest BCUT2D eigenvalue weighted by Crippen LogP contribution is -2.64. The molecule has 2 aliphatic heterocycles. The molecule has 0 aliphatic carbocycles. The molecule has 1 N–H and O–H groups in total. The summed E-state index contributed by atoms with van der Waals surface area (Å²) in [6.45, 7) is 2.50. The molecule has 2 heterocycles. The maximum atomic E-state index is 12.5. The van der Waals surface area contributed by atoms with Crippen LogP contribution in [0.4, 0.5) is 0 Å². The fourth-order valence-corrected chi connectivity index (χ4v) is 3.68. The number of esters is 2. The second-order valence-electron chi connectivity index (χ2n) is 7.89. The van der Waals surface area contributed by atoms with Crippen LogP contribution in [0, 0.1) is 5.41 Å². The lowest BCUT2D eigenvalue weighted by Gasteiger charge is -2.48. The highest BCUT2D eigenvalue weighted by molar-refractivity contribution is 6.76. The van der Waals surface area contributed by atoms with E-state index in [1.807, 2.05) is 6.07 Å². The molecule has 35 heavy (non-hydrogen) atoms. The smallest absolute Gasteiger partial charge is 0.306 e. The van der Waals surface area contributed by atoms with Crippen molar-refractivity contribution in [3.8, 4) is 0 Å². The monoisotopic (exact) mass is 551 g/mol. The van der Waals surface area contributed by atoms with Gasteiger partial charge in [0.1, 0.15) is 18.0 Å². The van der Waals surface area contributed by atoms with Gasteiger partial charge in [0.05, 0.1) is 13.0 Å². The molecule has 0 bridgehead atoms. The minimum absolute atomic E-state index is 0.00600. The standard InChI is InChI=1S/C22H24Cl3NO9/c1-11(27)8-9-15(29)33-18-17(31-12(2)28)16-14(32-20(18)35-21(26)22(23,24)25)10-30-19(34-16)13-6-4-3-5-7-13/h3-7,14,16-20,26H,8-10H2,1-2H3/t14-,16-,17+,18-,19-,20-/m1/s1. The molecule has 0 spiro atoms. The molecular formula is C22H24Cl3NO9. The Labute approximate surface area is 216 Å². The number of ketones is 1. The van der Waals surface area contributed by atoms with E-state index in [-0.39, 0.29) is 25.2 Å². The molecule has 3 rings (SSSR count). The van der Waals surface area contributed by atoms with E-state index in [2.05, 4.69) is 0 Å². The van der Waals surface area contributed by atoms with Gasteiger partial charge in [-0.25, -0.2) is 0 Å². The fraction of sp³-hybridized carbons (Fsp3) is 0.545. The largest absolute Gasteiger partial charge is 0.455 e. The van der Waals surface area contributed by atoms with Gasteiger partial charge in [-0.3, -0.25) is 15.0 Å². The first-order chi connectivity index (χ1) is 16.5. The number of fused-ring (bicyclic) bond motifs is 1. The average Bonchev–Trinajstić information content (AvgIpc) is 2.79. The second-order valence-corrected chi connectivity index (χ2v) is 10.2. The van der Waals surface area contributed by atoms with Crippen LogP contribution in [-0.2, 0) is 42.8 Å². The number of alkyl halides is 3. The van der Waals surface area contributed by atoms with Crippen molar-refractivity contribution in [3.63, 3.8) is 0 Å². The molecule has 6 atom stereocenters. The molecule has 10 nitrogen and oxygen atoms in total. The Kier molecular flexibility index (Phi) is 9.36. The summed E-state index contributed by atoms with van der Waals surface area (Å²) in [6.07, 6.45) is -7.05. The van der Waals surface area contributed by atoms with Crippen LogP contribution in [-0.4, -0.2) is 64.7 Å². The number of nitrogens with one attached hydrogen (secondary N) is 1. The summed E-state index contributed by atoms with van der Waals surface area (Å²) in [5.74, 6) is -2.51. The molecule has 0 aromatic heterocycles. The quantitative estimate of drug-likeness (QED) is 0.234. The van der Waals surface area contributed by atoms with Crippen LogP contribution in [0.25, 0.3) is 0 Å². The molecule has 192 valence electrons. The number of carbonyl (C=O) groups excluding carboxylic acids is 3. The van der Waals surface area contributed by atoms with E-state index in [9.17, 15) is 14.4 Å². The molecule has 2 fully saturated rings. The van der Waals surface area contributed by atoms with Crippen LogP contribution in [0.15, 0.2) is 30.3 Å². The normalized spacial score (nSPS) is 28.4. The number of carbonyl (C=O) groups is 3. The van der Waals surface area contributed by atoms with Crippen LogP contribution < -0.4 is 0 Å². The first kappa shape index (κ1) is 27.6. The van der Waals surface area contributed by atoms with Crippen LogP contribution in [0.3, 0.4) is 0 Å². The first-order valence-electron chi connectivity index (χ1n) is 10.6. The third-order valence-electron chi connectivity index (χ3n) is 5.10. The van der Waals surface area contributed by atoms with Gasteiger partial charge >= 0.3 is 11.9 Å². The summed E-state index contributed by atoms with van der Waals surface area (Å²) in [6, 6.07) is 9.03. The Morgan fingerprint density at radius 3 is 2.29 bits per heavy atom. The molecule has 13 heteroatoms. The number of benzene rings is 1. The lowest BCUT2D eigenvalue weighted by atomic mass is 9.97. The minimum Gasteiger partial charge on any atom is -0.455 e. The molecule has 2 saturated heterocycles. The van der Waals surface area contributed by atoms with Crippen molar-refractivity contribution in [2.45, 2.75) is 67.5 Å². The number of rotatable bonds is 7. The Hall–Kier alpha value is -1.95. The zero-order valence-corrected chi connectivity index (χ0v) is 21.0. The van der Waals surface area contributed by atoms with E-state index < -0.39 is 58.6 Å². The third-order valence-corrected chi connectivity index (χ3v) is 5.61. The predicted molar refractivity (Wildman–Crippen MR) is 123 cm³/mol. The number of halogens is 3.